The molecule has 0 aliphatic carbocycles. The van der Waals surface area contributed by atoms with Crippen LogP contribution in [0.3, 0.4) is 0 Å². The van der Waals surface area contributed by atoms with E-state index >= 15 is 0 Å². The molecule has 1 aromatic rings. The van der Waals surface area contributed by atoms with Gasteiger partial charge in [0.05, 0.1) is 13.7 Å². The van der Waals surface area contributed by atoms with Gasteiger partial charge in [0, 0.05) is 32.3 Å². The summed E-state index contributed by atoms with van der Waals surface area (Å²) in [6.07, 6.45) is 1.14. The maximum absolute atomic E-state index is 5.24. The molecule has 0 fully saturated rings. The van der Waals surface area contributed by atoms with Crippen LogP contribution < -0.4 is 10.1 Å². The highest BCUT2D eigenvalue weighted by Gasteiger charge is 2.18. The van der Waals surface area contributed by atoms with Crippen LogP contribution in [-0.2, 0) is 4.74 Å². The molecular formula is C17H30N2O2. The van der Waals surface area contributed by atoms with Gasteiger partial charge in [-0.05, 0) is 38.1 Å². The zero-order valence-corrected chi connectivity index (χ0v) is 14.1. The lowest BCUT2D eigenvalue weighted by molar-refractivity contribution is 0.115. The lowest BCUT2D eigenvalue weighted by atomic mass is 10.0. The standard InChI is InChI=1S/C17H30N2O2/c1-6-14(2)19(11-12-20-4)13-17(18-3)15-7-9-16(21-5)10-8-15/h7-10,14,17-18H,6,11-13H2,1-5H3. The van der Waals surface area contributed by atoms with Crippen LogP contribution in [0, 0.1) is 0 Å². The van der Waals surface area contributed by atoms with Gasteiger partial charge >= 0.3 is 0 Å². The Balaban J connectivity index is 2.75. The Morgan fingerprint density at radius 2 is 1.86 bits per heavy atom. The number of benzene rings is 1. The van der Waals surface area contributed by atoms with Gasteiger partial charge in [0.1, 0.15) is 5.75 Å². The largest absolute Gasteiger partial charge is 0.497 e. The molecule has 0 amide bonds. The fourth-order valence-corrected chi connectivity index (χ4v) is 2.39. The molecule has 0 aromatic heterocycles. The number of nitrogens with zero attached hydrogens (tertiary/aromatic N) is 1. The molecule has 2 atom stereocenters. The van der Waals surface area contributed by atoms with Gasteiger partial charge in [-0.25, -0.2) is 0 Å². The number of ether oxygens (including phenoxy) is 2. The minimum absolute atomic E-state index is 0.307. The number of nitrogens with one attached hydrogen (secondary N) is 1. The zero-order valence-electron chi connectivity index (χ0n) is 14.1. The normalized spacial score (nSPS) is 14.2. The molecular weight excluding hydrogens is 264 g/mol. The van der Waals surface area contributed by atoms with Crippen LogP contribution in [0.5, 0.6) is 5.75 Å². The molecule has 1 aromatic carbocycles. The third kappa shape index (κ3) is 5.65. The third-order valence-corrected chi connectivity index (χ3v) is 4.08. The minimum atomic E-state index is 0.307. The van der Waals surface area contributed by atoms with E-state index in [-0.39, 0.29) is 0 Å². The van der Waals surface area contributed by atoms with Gasteiger partial charge in [-0.15, -0.1) is 0 Å². The highest BCUT2D eigenvalue weighted by atomic mass is 16.5. The summed E-state index contributed by atoms with van der Waals surface area (Å²) in [5.41, 5.74) is 1.28. The zero-order chi connectivity index (χ0) is 15.7. The Hall–Kier alpha value is -1.10. The Kier molecular flexibility index (Phi) is 8.35. The van der Waals surface area contributed by atoms with E-state index < -0.39 is 0 Å². The summed E-state index contributed by atoms with van der Waals surface area (Å²) >= 11 is 0. The van der Waals surface area contributed by atoms with Crippen LogP contribution in [0.15, 0.2) is 24.3 Å². The van der Waals surface area contributed by atoms with E-state index in [0.717, 1.165) is 31.9 Å². The highest BCUT2D eigenvalue weighted by molar-refractivity contribution is 5.29. The van der Waals surface area contributed by atoms with E-state index in [2.05, 4.69) is 36.2 Å². The van der Waals surface area contributed by atoms with Crippen molar-refractivity contribution in [1.82, 2.24) is 10.2 Å². The summed E-state index contributed by atoms with van der Waals surface area (Å²) in [7, 11) is 5.47. The first-order valence-electron chi connectivity index (χ1n) is 7.70. The Labute approximate surface area is 129 Å². The summed E-state index contributed by atoms with van der Waals surface area (Å²) in [4.78, 5) is 2.48. The van der Waals surface area contributed by atoms with E-state index in [1.165, 1.54) is 5.56 Å². The van der Waals surface area contributed by atoms with Gasteiger partial charge in [-0.1, -0.05) is 19.1 Å². The fourth-order valence-electron chi connectivity index (χ4n) is 2.39. The lowest BCUT2D eigenvalue weighted by Crippen LogP contribution is -2.41. The van der Waals surface area contributed by atoms with E-state index in [4.69, 9.17) is 9.47 Å². The first-order chi connectivity index (χ1) is 10.2. The summed E-state index contributed by atoms with van der Waals surface area (Å²) < 4.78 is 10.5. The van der Waals surface area contributed by atoms with Crippen molar-refractivity contribution in [2.45, 2.75) is 32.4 Å². The van der Waals surface area contributed by atoms with E-state index in [1.807, 2.05) is 19.2 Å². The molecule has 4 nitrogen and oxygen atoms in total. The Morgan fingerprint density at radius 3 is 2.33 bits per heavy atom. The smallest absolute Gasteiger partial charge is 0.118 e. The minimum Gasteiger partial charge on any atom is -0.497 e. The maximum atomic E-state index is 5.24. The predicted octanol–water partition coefficient (Wildman–Crippen LogP) is 2.70. The van der Waals surface area contributed by atoms with Crippen LogP contribution in [0.4, 0.5) is 0 Å². The molecule has 0 aliphatic heterocycles. The molecule has 120 valence electrons. The molecule has 0 bridgehead atoms. The second-order valence-electron chi connectivity index (χ2n) is 5.36. The number of hydrogen-bond acceptors (Lipinski definition) is 4. The average Bonchev–Trinajstić information content (AvgIpc) is 2.54. The number of rotatable bonds is 10. The van der Waals surface area contributed by atoms with Crippen molar-refractivity contribution in [1.29, 1.82) is 0 Å². The van der Waals surface area contributed by atoms with Crippen molar-refractivity contribution >= 4 is 0 Å². The maximum Gasteiger partial charge on any atom is 0.118 e. The van der Waals surface area contributed by atoms with Crippen molar-refractivity contribution in [3.63, 3.8) is 0 Å². The molecule has 0 heterocycles. The topological polar surface area (TPSA) is 33.7 Å². The van der Waals surface area contributed by atoms with Crippen LogP contribution >= 0.6 is 0 Å². The van der Waals surface area contributed by atoms with E-state index in [0.29, 0.717) is 12.1 Å². The summed E-state index contributed by atoms with van der Waals surface area (Å²) in [6, 6.07) is 9.15. The molecule has 4 heteroatoms. The molecule has 0 spiro atoms. The van der Waals surface area contributed by atoms with Crippen LogP contribution in [-0.4, -0.2) is 51.9 Å². The number of methoxy groups -OCH3 is 2. The third-order valence-electron chi connectivity index (χ3n) is 4.08. The second kappa shape index (κ2) is 9.77. The van der Waals surface area contributed by atoms with E-state index in [9.17, 15) is 0 Å². The molecule has 1 rings (SSSR count). The quantitative estimate of drug-likeness (QED) is 0.719. The van der Waals surface area contributed by atoms with Crippen molar-refractivity contribution in [3.8, 4) is 5.75 Å². The fraction of sp³-hybridized carbons (Fsp3) is 0.647. The first kappa shape index (κ1) is 18.0. The van der Waals surface area contributed by atoms with Crippen molar-refractivity contribution in [2.75, 3.05) is 41.0 Å². The van der Waals surface area contributed by atoms with Gasteiger partial charge in [0.2, 0.25) is 0 Å². The molecule has 21 heavy (non-hydrogen) atoms. The van der Waals surface area contributed by atoms with Crippen LogP contribution in [0.25, 0.3) is 0 Å². The molecule has 0 aliphatic rings. The van der Waals surface area contributed by atoms with Crippen LogP contribution in [0.1, 0.15) is 31.9 Å². The van der Waals surface area contributed by atoms with Crippen molar-refractivity contribution in [2.24, 2.45) is 0 Å². The van der Waals surface area contributed by atoms with Gasteiger partial charge in [-0.2, -0.15) is 0 Å². The van der Waals surface area contributed by atoms with Gasteiger partial charge in [-0.3, -0.25) is 4.90 Å². The SMILES string of the molecule is CCC(C)N(CCOC)CC(NC)c1ccc(OC)cc1. The Bertz CT molecular complexity index is 381. The Morgan fingerprint density at radius 1 is 1.19 bits per heavy atom. The summed E-state index contributed by atoms with van der Waals surface area (Å²) in [5.74, 6) is 0.895. The lowest BCUT2D eigenvalue weighted by Gasteiger charge is -2.32. The average molecular weight is 294 g/mol. The molecule has 0 saturated heterocycles. The summed E-state index contributed by atoms with van der Waals surface area (Å²) in [6.45, 7) is 7.20. The predicted molar refractivity (Wildman–Crippen MR) is 88.0 cm³/mol. The van der Waals surface area contributed by atoms with Gasteiger partial charge in [0.25, 0.3) is 0 Å². The highest BCUT2D eigenvalue weighted by Crippen LogP contribution is 2.19. The molecule has 0 saturated carbocycles. The summed E-state index contributed by atoms with van der Waals surface area (Å²) in [5, 5.41) is 3.42. The monoisotopic (exact) mass is 294 g/mol. The first-order valence-corrected chi connectivity index (χ1v) is 7.70. The molecule has 1 N–H and O–H groups in total. The van der Waals surface area contributed by atoms with Gasteiger partial charge < -0.3 is 14.8 Å². The number of hydrogen-bond donors (Lipinski definition) is 1. The van der Waals surface area contributed by atoms with Crippen LogP contribution in [0.2, 0.25) is 0 Å². The van der Waals surface area contributed by atoms with Crippen molar-refractivity contribution < 1.29 is 9.47 Å². The van der Waals surface area contributed by atoms with Gasteiger partial charge in [0.15, 0.2) is 0 Å². The molecule has 2 unspecified atom stereocenters. The number of likely N-dealkylation sites (N-methyl/N-ethyl adjacent to an activating group) is 1. The molecule has 0 radical (unpaired) electrons. The van der Waals surface area contributed by atoms with E-state index in [1.54, 1.807) is 14.2 Å². The van der Waals surface area contributed by atoms with Crippen molar-refractivity contribution in [3.05, 3.63) is 29.8 Å². The second-order valence-corrected chi connectivity index (χ2v) is 5.36.